The van der Waals surface area contributed by atoms with Crippen molar-refractivity contribution in [3.05, 3.63) is 42.1 Å². The Hall–Kier alpha value is -3.16. The van der Waals surface area contributed by atoms with E-state index in [1.807, 2.05) is 30.3 Å². The maximum atomic E-state index is 12.6. The van der Waals surface area contributed by atoms with Crippen LogP contribution < -0.4 is 5.32 Å². The van der Waals surface area contributed by atoms with Crippen molar-refractivity contribution in [2.24, 2.45) is 0 Å². The van der Waals surface area contributed by atoms with Crippen LogP contribution in [0.2, 0.25) is 0 Å². The number of nitrogens with zero attached hydrogens (tertiary/aromatic N) is 2. The van der Waals surface area contributed by atoms with Gasteiger partial charge in [-0.3, -0.25) is 9.59 Å². The molecule has 0 aliphatic rings. The number of aromatic nitrogens is 1. The van der Waals surface area contributed by atoms with E-state index in [1.165, 1.54) is 19.9 Å². The maximum absolute atomic E-state index is 12.6. The lowest BCUT2D eigenvalue weighted by molar-refractivity contribution is -0.141. The number of carboxylic acid groups (broad SMARTS) is 1. The van der Waals surface area contributed by atoms with E-state index in [4.69, 9.17) is 4.52 Å². The third kappa shape index (κ3) is 4.66. The van der Waals surface area contributed by atoms with Crippen LogP contribution in [0.3, 0.4) is 0 Å². The average Bonchev–Trinajstić information content (AvgIpc) is 3.08. The van der Waals surface area contributed by atoms with E-state index in [1.54, 1.807) is 0 Å². The van der Waals surface area contributed by atoms with Gasteiger partial charge in [-0.15, -0.1) is 0 Å². The van der Waals surface area contributed by atoms with Crippen LogP contribution >= 0.6 is 0 Å². The first-order chi connectivity index (χ1) is 11.9. The first-order valence-corrected chi connectivity index (χ1v) is 7.70. The zero-order valence-electron chi connectivity index (χ0n) is 13.9. The Bertz CT molecular complexity index is 757. The summed E-state index contributed by atoms with van der Waals surface area (Å²) in [5.74, 6) is -1.58. The molecule has 0 saturated heterocycles. The van der Waals surface area contributed by atoms with Gasteiger partial charge in [0.1, 0.15) is 6.04 Å². The van der Waals surface area contributed by atoms with E-state index in [0.29, 0.717) is 5.76 Å². The molecule has 8 heteroatoms. The molecule has 0 saturated carbocycles. The van der Waals surface area contributed by atoms with Gasteiger partial charge < -0.3 is 19.8 Å². The molecule has 0 radical (unpaired) electrons. The molecule has 1 atom stereocenters. The van der Waals surface area contributed by atoms with Crippen LogP contribution in [0.5, 0.6) is 0 Å². The van der Waals surface area contributed by atoms with Crippen LogP contribution in [0.25, 0.3) is 11.3 Å². The highest BCUT2D eigenvalue weighted by Crippen LogP contribution is 2.20. The number of nitrogens with one attached hydrogen (secondary N) is 1. The summed E-state index contributed by atoms with van der Waals surface area (Å²) < 4.78 is 5.19. The van der Waals surface area contributed by atoms with Crippen molar-refractivity contribution >= 4 is 17.8 Å². The number of hydrogen-bond donors (Lipinski definition) is 2. The largest absolute Gasteiger partial charge is 0.480 e. The number of benzene rings is 1. The SMILES string of the molecule is CC(=O)NCCN(C(=O)c1cc(-c2ccccc2)on1)C(C)C(=O)O. The quantitative estimate of drug-likeness (QED) is 0.784. The highest BCUT2D eigenvalue weighted by Gasteiger charge is 2.28. The minimum absolute atomic E-state index is 0.00905. The van der Waals surface area contributed by atoms with Gasteiger partial charge in [-0.2, -0.15) is 0 Å². The second-order valence-corrected chi connectivity index (χ2v) is 5.44. The van der Waals surface area contributed by atoms with Crippen LogP contribution in [-0.4, -0.2) is 52.1 Å². The van der Waals surface area contributed by atoms with Crippen molar-refractivity contribution in [2.45, 2.75) is 19.9 Å². The minimum atomic E-state index is -1.15. The summed E-state index contributed by atoms with van der Waals surface area (Å²) in [6, 6.07) is 9.52. The van der Waals surface area contributed by atoms with Gasteiger partial charge in [0.25, 0.3) is 5.91 Å². The average molecular weight is 345 g/mol. The molecule has 25 heavy (non-hydrogen) atoms. The van der Waals surface area contributed by atoms with Crippen molar-refractivity contribution in [1.29, 1.82) is 0 Å². The third-order valence-electron chi connectivity index (χ3n) is 3.60. The predicted octanol–water partition coefficient (Wildman–Crippen LogP) is 1.39. The summed E-state index contributed by atoms with van der Waals surface area (Å²) in [6.07, 6.45) is 0. The zero-order valence-corrected chi connectivity index (χ0v) is 13.9. The molecule has 2 amide bonds. The molecule has 1 heterocycles. The molecule has 2 N–H and O–H groups in total. The summed E-state index contributed by atoms with van der Waals surface area (Å²) >= 11 is 0. The smallest absolute Gasteiger partial charge is 0.326 e. The highest BCUT2D eigenvalue weighted by atomic mass is 16.5. The first-order valence-electron chi connectivity index (χ1n) is 7.70. The highest BCUT2D eigenvalue weighted by molar-refractivity contribution is 5.95. The van der Waals surface area contributed by atoms with Gasteiger partial charge in [0.05, 0.1) is 0 Å². The van der Waals surface area contributed by atoms with E-state index in [9.17, 15) is 19.5 Å². The van der Waals surface area contributed by atoms with Gasteiger partial charge in [-0.05, 0) is 6.92 Å². The van der Waals surface area contributed by atoms with Crippen molar-refractivity contribution in [1.82, 2.24) is 15.4 Å². The van der Waals surface area contributed by atoms with Gasteiger partial charge in [0.15, 0.2) is 11.5 Å². The maximum Gasteiger partial charge on any atom is 0.326 e. The summed E-state index contributed by atoms with van der Waals surface area (Å²) in [5, 5.41) is 15.5. The summed E-state index contributed by atoms with van der Waals surface area (Å²) in [5.41, 5.74) is 0.764. The molecule has 0 aliphatic carbocycles. The lowest BCUT2D eigenvalue weighted by Gasteiger charge is -2.25. The normalized spacial score (nSPS) is 11.6. The van der Waals surface area contributed by atoms with Gasteiger partial charge >= 0.3 is 5.97 Å². The number of aliphatic carboxylic acids is 1. The molecule has 8 nitrogen and oxygen atoms in total. The summed E-state index contributed by atoms with van der Waals surface area (Å²) in [7, 11) is 0. The van der Waals surface area contributed by atoms with Gasteiger partial charge in [0, 0.05) is 31.6 Å². The molecular weight excluding hydrogens is 326 g/mol. The number of amides is 2. The van der Waals surface area contributed by atoms with Crippen molar-refractivity contribution in [2.75, 3.05) is 13.1 Å². The molecule has 132 valence electrons. The second-order valence-electron chi connectivity index (χ2n) is 5.44. The van der Waals surface area contributed by atoms with Crippen LogP contribution in [0.4, 0.5) is 0 Å². The molecule has 0 fully saturated rings. The summed E-state index contributed by atoms with van der Waals surface area (Å²) in [4.78, 5) is 36.0. The van der Waals surface area contributed by atoms with Crippen molar-refractivity contribution in [3.63, 3.8) is 0 Å². The lowest BCUT2D eigenvalue weighted by Crippen LogP contribution is -2.46. The molecule has 1 unspecified atom stereocenters. The molecule has 0 aliphatic heterocycles. The number of carbonyl (C=O) groups excluding carboxylic acids is 2. The number of rotatable bonds is 7. The molecule has 1 aromatic heterocycles. The molecule has 1 aromatic carbocycles. The minimum Gasteiger partial charge on any atom is -0.480 e. The Morgan fingerprint density at radius 1 is 1.28 bits per heavy atom. The molecule has 2 rings (SSSR count). The fourth-order valence-corrected chi connectivity index (χ4v) is 2.22. The predicted molar refractivity (Wildman–Crippen MR) is 88.8 cm³/mol. The molecule has 0 bridgehead atoms. The fourth-order valence-electron chi connectivity index (χ4n) is 2.22. The molecular formula is C17H19N3O5. The van der Waals surface area contributed by atoms with E-state index >= 15 is 0 Å². The second kappa shape index (κ2) is 8.09. The fraction of sp³-hybridized carbons (Fsp3) is 0.294. The van der Waals surface area contributed by atoms with Crippen LogP contribution in [0.1, 0.15) is 24.3 Å². The Labute approximate surface area is 144 Å². The topological polar surface area (TPSA) is 113 Å². The van der Waals surface area contributed by atoms with E-state index < -0.39 is 17.9 Å². The monoisotopic (exact) mass is 345 g/mol. The van der Waals surface area contributed by atoms with Gasteiger partial charge in [0.2, 0.25) is 5.91 Å². The Morgan fingerprint density at radius 3 is 2.56 bits per heavy atom. The standard InChI is InChI=1S/C17H19N3O5/c1-11(17(23)24)20(9-8-18-12(2)21)16(22)14-10-15(25-19-14)13-6-4-3-5-7-13/h3-7,10-11H,8-9H2,1-2H3,(H,18,21)(H,23,24). The molecule has 0 spiro atoms. The number of carbonyl (C=O) groups is 3. The van der Waals surface area contributed by atoms with Crippen molar-refractivity contribution in [3.8, 4) is 11.3 Å². The Kier molecular flexibility index (Phi) is 5.89. The van der Waals surface area contributed by atoms with Gasteiger partial charge in [-0.1, -0.05) is 35.5 Å². The van der Waals surface area contributed by atoms with Crippen LogP contribution in [-0.2, 0) is 9.59 Å². The molecule has 2 aromatic rings. The van der Waals surface area contributed by atoms with E-state index in [0.717, 1.165) is 10.5 Å². The van der Waals surface area contributed by atoms with Crippen molar-refractivity contribution < 1.29 is 24.0 Å². The zero-order chi connectivity index (χ0) is 18.4. The van der Waals surface area contributed by atoms with Crippen LogP contribution in [0.15, 0.2) is 40.9 Å². The Balaban J connectivity index is 2.19. The van der Waals surface area contributed by atoms with E-state index in [2.05, 4.69) is 10.5 Å². The van der Waals surface area contributed by atoms with E-state index in [-0.39, 0.29) is 24.7 Å². The van der Waals surface area contributed by atoms with Crippen LogP contribution in [0, 0.1) is 0 Å². The number of carboxylic acids is 1. The summed E-state index contributed by atoms with van der Waals surface area (Å²) in [6.45, 7) is 2.92. The number of hydrogen-bond acceptors (Lipinski definition) is 5. The first kappa shape index (κ1) is 18.2. The van der Waals surface area contributed by atoms with Gasteiger partial charge in [-0.25, -0.2) is 4.79 Å². The Morgan fingerprint density at radius 2 is 1.96 bits per heavy atom. The lowest BCUT2D eigenvalue weighted by atomic mass is 10.1. The third-order valence-corrected chi connectivity index (χ3v) is 3.60.